The first kappa shape index (κ1) is 24.7. The van der Waals surface area contributed by atoms with Crippen molar-refractivity contribution in [3.8, 4) is 11.5 Å². The monoisotopic (exact) mass is 442 g/mol. The maximum atomic E-state index is 12.5. The maximum Gasteiger partial charge on any atom is 0.255 e. The van der Waals surface area contributed by atoms with Gasteiger partial charge in [-0.05, 0) is 25.6 Å². The van der Waals surface area contributed by atoms with Crippen LogP contribution in [-0.4, -0.2) is 63.5 Å². The van der Waals surface area contributed by atoms with Crippen molar-refractivity contribution in [2.75, 3.05) is 51.5 Å². The molecule has 0 saturated carbocycles. The van der Waals surface area contributed by atoms with E-state index in [1.54, 1.807) is 48.3 Å². The highest BCUT2D eigenvalue weighted by Crippen LogP contribution is 2.36. The molecule has 0 heterocycles. The second-order valence-corrected chi connectivity index (χ2v) is 7.14. The van der Waals surface area contributed by atoms with Crippen LogP contribution in [0.4, 0.5) is 11.4 Å². The number of hydrogen-bond acceptors (Lipinski definition) is 6. The van der Waals surface area contributed by atoms with E-state index in [1.807, 2.05) is 13.0 Å². The van der Waals surface area contributed by atoms with Crippen LogP contribution in [0.3, 0.4) is 0 Å². The zero-order chi connectivity index (χ0) is 23.5. The number of rotatable bonds is 11. The Hall–Kier alpha value is -3.59. The van der Waals surface area contributed by atoms with E-state index in [9.17, 15) is 14.4 Å². The Morgan fingerprint density at radius 1 is 0.875 bits per heavy atom. The molecule has 2 rings (SSSR count). The van der Waals surface area contributed by atoms with Crippen LogP contribution < -0.4 is 25.4 Å². The van der Waals surface area contributed by atoms with Crippen LogP contribution in [0.5, 0.6) is 11.5 Å². The standard InChI is InChI=1S/C23H30N4O5/c1-5-11-24-21(28)14-27(2)15-22(29)25-17-12-20(32-4)18(13-19(17)31-3)26-23(30)16-9-7-6-8-10-16/h6-10,12-13H,5,11,14-15H2,1-4H3,(H,24,28)(H,25,29)(H,26,30). The van der Waals surface area contributed by atoms with E-state index in [0.717, 1.165) is 6.42 Å². The summed E-state index contributed by atoms with van der Waals surface area (Å²) in [6, 6.07) is 11.9. The van der Waals surface area contributed by atoms with Crippen LogP contribution in [0.2, 0.25) is 0 Å². The molecule has 3 N–H and O–H groups in total. The van der Waals surface area contributed by atoms with Crippen molar-refractivity contribution in [3.63, 3.8) is 0 Å². The molecule has 0 spiro atoms. The summed E-state index contributed by atoms with van der Waals surface area (Å²) < 4.78 is 10.8. The predicted octanol–water partition coefficient (Wildman–Crippen LogP) is 2.35. The van der Waals surface area contributed by atoms with Gasteiger partial charge in [-0.15, -0.1) is 0 Å². The number of methoxy groups -OCH3 is 2. The lowest BCUT2D eigenvalue weighted by molar-refractivity contribution is -0.122. The van der Waals surface area contributed by atoms with E-state index < -0.39 is 0 Å². The first-order chi connectivity index (χ1) is 15.4. The molecule has 0 aliphatic heterocycles. The van der Waals surface area contributed by atoms with Gasteiger partial charge in [-0.3, -0.25) is 19.3 Å². The molecule has 9 heteroatoms. The van der Waals surface area contributed by atoms with Gasteiger partial charge in [0.15, 0.2) is 0 Å². The average Bonchev–Trinajstić information content (AvgIpc) is 2.78. The minimum Gasteiger partial charge on any atom is -0.494 e. The number of hydrogen-bond donors (Lipinski definition) is 3. The van der Waals surface area contributed by atoms with Gasteiger partial charge in [-0.2, -0.15) is 0 Å². The average molecular weight is 443 g/mol. The minimum absolute atomic E-state index is 0.0114. The smallest absolute Gasteiger partial charge is 0.255 e. The van der Waals surface area contributed by atoms with Crippen LogP contribution in [0.1, 0.15) is 23.7 Å². The number of benzene rings is 2. The molecule has 0 fully saturated rings. The largest absolute Gasteiger partial charge is 0.494 e. The number of likely N-dealkylation sites (N-methyl/N-ethyl adjacent to an activating group) is 1. The first-order valence-corrected chi connectivity index (χ1v) is 10.2. The Balaban J connectivity index is 2.09. The molecular formula is C23H30N4O5. The summed E-state index contributed by atoms with van der Waals surface area (Å²) in [7, 11) is 4.61. The molecule has 0 aromatic heterocycles. The summed E-state index contributed by atoms with van der Waals surface area (Å²) in [5.74, 6) is -0.0497. The molecule has 172 valence electrons. The molecule has 2 aromatic carbocycles. The fraction of sp³-hybridized carbons (Fsp3) is 0.348. The molecule has 0 aliphatic rings. The van der Waals surface area contributed by atoms with Gasteiger partial charge in [0.1, 0.15) is 11.5 Å². The zero-order valence-corrected chi connectivity index (χ0v) is 18.9. The topological polar surface area (TPSA) is 109 Å². The van der Waals surface area contributed by atoms with Crippen LogP contribution in [0.15, 0.2) is 42.5 Å². The second-order valence-electron chi connectivity index (χ2n) is 7.14. The SMILES string of the molecule is CCCNC(=O)CN(C)CC(=O)Nc1cc(OC)c(NC(=O)c2ccccc2)cc1OC. The molecule has 2 aromatic rings. The molecule has 0 bridgehead atoms. The summed E-state index contributed by atoms with van der Waals surface area (Å²) in [5, 5.41) is 8.33. The van der Waals surface area contributed by atoms with Crippen LogP contribution in [0, 0.1) is 0 Å². The number of carbonyl (C=O) groups is 3. The second kappa shape index (κ2) is 12.3. The van der Waals surface area contributed by atoms with E-state index in [-0.39, 0.29) is 30.8 Å². The van der Waals surface area contributed by atoms with Crippen molar-refractivity contribution in [1.82, 2.24) is 10.2 Å². The third-order valence-corrected chi connectivity index (χ3v) is 4.48. The fourth-order valence-electron chi connectivity index (χ4n) is 2.93. The molecule has 0 radical (unpaired) electrons. The van der Waals surface area contributed by atoms with Gasteiger partial charge in [0.2, 0.25) is 11.8 Å². The zero-order valence-electron chi connectivity index (χ0n) is 18.9. The molecule has 32 heavy (non-hydrogen) atoms. The summed E-state index contributed by atoms with van der Waals surface area (Å²) in [4.78, 5) is 38.4. The van der Waals surface area contributed by atoms with Gasteiger partial charge in [0.25, 0.3) is 5.91 Å². The van der Waals surface area contributed by atoms with E-state index in [0.29, 0.717) is 35.0 Å². The highest BCUT2D eigenvalue weighted by Gasteiger charge is 2.17. The molecule has 0 saturated heterocycles. The molecule has 9 nitrogen and oxygen atoms in total. The van der Waals surface area contributed by atoms with Crippen molar-refractivity contribution in [1.29, 1.82) is 0 Å². The molecule has 3 amide bonds. The summed E-state index contributed by atoms with van der Waals surface area (Å²) >= 11 is 0. The van der Waals surface area contributed by atoms with Crippen molar-refractivity contribution in [2.24, 2.45) is 0 Å². The number of nitrogens with zero attached hydrogens (tertiary/aromatic N) is 1. The molecule has 0 unspecified atom stereocenters. The van der Waals surface area contributed by atoms with E-state index in [2.05, 4.69) is 16.0 Å². The van der Waals surface area contributed by atoms with Gasteiger partial charge < -0.3 is 25.4 Å². The molecule has 0 atom stereocenters. The van der Waals surface area contributed by atoms with E-state index >= 15 is 0 Å². The minimum atomic E-state index is -0.322. The Morgan fingerprint density at radius 2 is 1.44 bits per heavy atom. The van der Waals surface area contributed by atoms with E-state index in [1.165, 1.54) is 14.2 Å². The Bertz CT molecular complexity index is 933. The third kappa shape index (κ3) is 7.28. The number of ether oxygens (including phenoxy) is 2. The number of nitrogens with one attached hydrogen (secondary N) is 3. The van der Waals surface area contributed by atoms with Gasteiger partial charge >= 0.3 is 0 Å². The lowest BCUT2D eigenvalue weighted by Gasteiger charge is -2.18. The van der Waals surface area contributed by atoms with Crippen LogP contribution in [0.25, 0.3) is 0 Å². The highest BCUT2D eigenvalue weighted by atomic mass is 16.5. The highest BCUT2D eigenvalue weighted by molar-refractivity contribution is 6.05. The normalized spacial score (nSPS) is 10.4. The van der Waals surface area contributed by atoms with Crippen LogP contribution >= 0.6 is 0 Å². The van der Waals surface area contributed by atoms with Crippen molar-refractivity contribution < 1.29 is 23.9 Å². The predicted molar refractivity (Wildman–Crippen MR) is 123 cm³/mol. The first-order valence-electron chi connectivity index (χ1n) is 10.2. The summed E-state index contributed by atoms with van der Waals surface area (Å²) in [5.41, 5.74) is 1.29. The Labute approximate surface area is 188 Å². The number of amides is 3. The lowest BCUT2D eigenvalue weighted by Crippen LogP contribution is -2.39. The van der Waals surface area contributed by atoms with Gasteiger partial charge in [0, 0.05) is 24.2 Å². The quantitative estimate of drug-likeness (QED) is 0.493. The van der Waals surface area contributed by atoms with Gasteiger partial charge in [-0.1, -0.05) is 25.1 Å². The number of anilines is 2. The van der Waals surface area contributed by atoms with Gasteiger partial charge in [-0.25, -0.2) is 0 Å². The Morgan fingerprint density at radius 3 is 2.00 bits per heavy atom. The molecular weight excluding hydrogens is 412 g/mol. The van der Waals surface area contributed by atoms with Crippen LogP contribution in [-0.2, 0) is 9.59 Å². The summed E-state index contributed by atoms with van der Waals surface area (Å²) in [6.07, 6.45) is 0.847. The lowest BCUT2D eigenvalue weighted by atomic mass is 10.2. The number of carbonyl (C=O) groups excluding carboxylic acids is 3. The molecule has 0 aliphatic carbocycles. The van der Waals surface area contributed by atoms with Crippen molar-refractivity contribution >= 4 is 29.1 Å². The third-order valence-electron chi connectivity index (χ3n) is 4.48. The fourth-order valence-corrected chi connectivity index (χ4v) is 2.93. The van der Waals surface area contributed by atoms with Crippen molar-refractivity contribution in [3.05, 3.63) is 48.0 Å². The maximum absolute atomic E-state index is 12.5. The van der Waals surface area contributed by atoms with Crippen molar-refractivity contribution in [2.45, 2.75) is 13.3 Å². The Kier molecular flexibility index (Phi) is 9.49. The van der Waals surface area contributed by atoms with E-state index in [4.69, 9.17) is 9.47 Å². The summed E-state index contributed by atoms with van der Waals surface area (Å²) in [6.45, 7) is 2.69. The van der Waals surface area contributed by atoms with Gasteiger partial charge in [0.05, 0.1) is 38.7 Å².